The summed E-state index contributed by atoms with van der Waals surface area (Å²) in [5.74, 6) is 0.0890. The topological polar surface area (TPSA) is 29.1 Å². The molecular weight excluding hydrogens is 221 g/mol. The molecule has 0 aromatic heterocycles. The molecule has 1 atom stereocenters. The molecule has 1 N–H and O–H groups in total. The second kappa shape index (κ2) is 3.79. The minimum absolute atomic E-state index is 0.0682. The van der Waals surface area contributed by atoms with Crippen LogP contribution in [0.25, 0.3) is 0 Å². The molecule has 0 aliphatic carbocycles. The lowest BCUT2D eigenvalue weighted by Crippen LogP contribution is -2.18. The first-order chi connectivity index (χ1) is 6.65. The Morgan fingerprint density at radius 1 is 1.21 bits per heavy atom. The Balaban J connectivity index is 2.27. The fourth-order valence-electron chi connectivity index (χ4n) is 1.64. The first kappa shape index (κ1) is 9.81. The third-order valence-electron chi connectivity index (χ3n) is 2.28. The third-order valence-corrected chi connectivity index (χ3v) is 2.72. The average Bonchev–Trinajstić information content (AvgIpc) is 2.50. The summed E-state index contributed by atoms with van der Waals surface area (Å²) in [5, 5.41) is 4.08. The van der Waals surface area contributed by atoms with Crippen LogP contribution in [0.4, 0.5) is 0 Å². The molecule has 2 nitrogen and oxygen atoms in total. The van der Waals surface area contributed by atoms with E-state index in [4.69, 9.17) is 23.2 Å². The Morgan fingerprint density at radius 3 is 2.36 bits per heavy atom. The van der Waals surface area contributed by atoms with Gasteiger partial charge in [0.15, 0.2) is 0 Å². The number of rotatable bonds is 1. The third kappa shape index (κ3) is 2.02. The van der Waals surface area contributed by atoms with E-state index >= 15 is 0 Å². The van der Waals surface area contributed by atoms with E-state index in [0.29, 0.717) is 16.5 Å². The van der Waals surface area contributed by atoms with Crippen molar-refractivity contribution in [3.63, 3.8) is 0 Å². The molecule has 1 aliphatic heterocycles. The van der Waals surface area contributed by atoms with Gasteiger partial charge in [-0.05, 0) is 30.2 Å². The monoisotopic (exact) mass is 229 g/mol. The zero-order chi connectivity index (χ0) is 10.1. The highest BCUT2D eigenvalue weighted by Crippen LogP contribution is 2.28. The molecule has 1 amide bonds. The molecule has 1 unspecified atom stereocenters. The molecule has 74 valence electrons. The Labute approximate surface area is 92.2 Å². The molecular formula is C10H9Cl2NO. The number of hydrogen-bond acceptors (Lipinski definition) is 1. The minimum Gasteiger partial charge on any atom is -0.349 e. The molecule has 1 aliphatic rings. The maximum Gasteiger partial charge on any atom is 0.220 e. The van der Waals surface area contributed by atoms with Gasteiger partial charge in [-0.1, -0.05) is 23.2 Å². The largest absolute Gasteiger partial charge is 0.349 e. The molecule has 1 heterocycles. The van der Waals surface area contributed by atoms with Crippen LogP contribution in [0.3, 0.4) is 0 Å². The normalized spacial score (nSPS) is 21.0. The molecule has 0 spiro atoms. The van der Waals surface area contributed by atoms with Gasteiger partial charge in [-0.15, -0.1) is 0 Å². The minimum atomic E-state index is 0.0682. The van der Waals surface area contributed by atoms with E-state index in [0.717, 1.165) is 12.0 Å². The number of nitrogens with one attached hydrogen (secondary N) is 1. The average molecular weight is 230 g/mol. The molecule has 0 saturated carbocycles. The quantitative estimate of drug-likeness (QED) is 0.789. The van der Waals surface area contributed by atoms with Gasteiger partial charge in [-0.2, -0.15) is 0 Å². The summed E-state index contributed by atoms with van der Waals surface area (Å²) in [4.78, 5) is 11.0. The van der Waals surface area contributed by atoms with Gasteiger partial charge in [0.05, 0.1) is 6.04 Å². The van der Waals surface area contributed by atoms with E-state index < -0.39 is 0 Å². The molecule has 1 aromatic rings. The van der Waals surface area contributed by atoms with Crippen molar-refractivity contribution in [2.24, 2.45) is 0 Å². The van der Waals surface area contributed by atoms with Gasteiger partial charge in [0.1, 0.15) is 0 Å². The van der Waals surface area contributed by atoms with Gasteiger partial charge < -0.3 is 5.32 Å². The predicted octanol–water partition coefficient (Wildman–Crippen LogP) is 2.94. The van der Waals surface area contributed by atoms with Gasteiger partial charge in [0, 0.05) is 16.5 Å². The van der Waals surface area contributed by atoms with Crippen molar-refractivity contribution < 1.29 is 4.79 Å². The number of halogens is 2. The Hall–Kier alpha value is -0.730. The fourth-order valence-corrected chi connectivity index (χ4v) is 2.18. The molecule has 14 heavy (non-hydrogen) atoms. The fraction of sp³-hybridized carbons (Fsp3) is 0.300. The summed E-state index contributed by atoms with van der Waals surface area (Å²) in [6.45, 7) is 0. The second-order valence-electron chi connectivity index (χ2n) is 3.36. The molecule has 1 fully saturated rings. The van der Waals surface area contributed by atoms with Crippen LogP contribution in [0.15, 0.2) is 18.2 Å². The van der Waals surface area contributed by atoms with Crippen molar-refractivity contribution in [2.45, 2.75) is 18.9 Å². The zero-order valence-electron chi connectivity index (χ0n) is 7.39. The van der Waals surface area contributed by atoms with E-state index in [1.807, 2.05) is 12.1 Å². The highest BCUT2D eigenvalue weighted by atomic mass is 35.5. The molecule has 1 aromatic carbocycles. The van der Waals surface area contributed by atoms with E-state index in [2.05, 4.69) is 5.32 Å². The number of benzene rings is 1. The standard InChI is InChI=1S/C10H9Cl2NO/c11-7-3-6(4-8(12)5-7)9-1-2-10(14)13-9/h3-5,9H,1-2H2,(H,13,14). The predicted molar refractivity (Wildman–Crippen MR) is 56.6 cm³/mol. The van der Waals surface area contributed by atoms with Crippen molar-refractivity contribution in [3.8, 4) is 0 Å². The lowest BCUT2D eigenvalue weighted by atomic mass is 10.1. The van der Waals surface area contributed by atoms with Crippen LogP contribution in [0, 0.1) is 0 Å². The summed E-state index contributed by atoms with van der Waals surface area (Å²) in [7, 11) is 0. The maximum atomic E-state index is 11.0. The Kier molecular flexibility index (Phi) is 2.66. The number of hydrogen-bond donors (Lipinski definition) is 1. The van der Waals surface area contributed by atoms with Crippen molar-refractivity contribution in [1.82, 2.24) is 5.32 Å². The van der Waals surface area contributed by atoms with Crippen molar-refractivity contribution in [1.29, 1.82) is 0 Å². The van der Waals surface area contributed by atoms with Gasteiger partial charge in [-0.25, -0.2) is 0 Å². The Bertz CT molecular complexity index is 358. The van der Waals surface area contributed by atoms with E-state index in [9.17, 15) is 4.79 Å². The van der Waals surface area contributed by atoms with Crippen molar-refractivity contribution in [2.75, 3.05) is 0 Å². The van der Waals surface area contributed by atoms with Crippen LogP contribution >= 0.6 is 23.2 Å². The number of carbonyl (C=O) groups excluding carboxylic acids is 1. The van der Waals surface area contributed by atoms with Gasteiger partial charge in [0.25, 0.3) is 0 Å². The molecule has 4 heteroatoms. The summed E-state index contributed by atoms with van der Waals surface area (Å²) >= 11 is 11.7. The van der Waals surface area contributed by atoms with E-state index in [1.165, 1.54) is 0 Å². The van der Waals surface area contributed by atoms with Crippen LogP contribution in [-0.4, -0.2) is 5.91 Å². The van der Waals surface area contributed by atoms with Crippen LogP contribution in [0.5, 0.6) is 0 Å². The zero-order valence-corrected chi connectivity index (χ0v) is 8.90. The van der Waals surface area contributed by atoms with Crippen molar-refractivity contribution >= 4 is 29.1 Å². The lowest BCUT2D eigenvalue weighted by molar-refractivity contribution is -0.119. The highest BCUT2D eigenvalue weighted by Gasteiger charge is 2.22. The second-order valence-corrected chi connectivity index (χ2v) is 4.23. The van der Waals surface area contributed by atoms with Crippen LogP contribution < -0.4 is 5.32 Å². The maximum absolute atomic E-state index is 11.0. The van der Waals surface area contributed by atoms with E-state index in [-0.39, 0.29) is 11.9 Å². The summed E-state index contributed by atoms with van der Waals surface area (Å²) in [6, 6.07) is 5.43. The van der Waals surface area contributed by atoms with Gasteiger partial charge >= 0.3 is 0 Å². The molecule has 0 radical (unpaired) electrons. The van der Waals surface area contributed by atoms with Gasteiger partial charge in [-0.3, -0.25) is 4.79 Å². The summed E-state index contributed by atoms with van der Waals surface area (Å²) in [5.41, 5.74) is 0.980. The summed E-state index contributed by atoms with van der Waals surface area (Å²) in [6.07, 6.45) is 1.39. The lowest BCUT2D eigenvalue weighted by Gasteiger charge is -2.10. The Morgan fingerprint density at radius 2 is 1.86 bits per heavy atom. The van der Waals surface area contributed by atoms with Gasteiger partial charge in [0.2, 0.25) is 5.91 Å². The molecule has 2 rings (SSSR count). The number of carbonyl (C=O) groups is 1. The smallest absolute Gasteiger partial charge is 0.220 e. The summed E-state index contributed by atoms with van der Waals surface area (Å²) < 4.78 is 0. The van der Waals surface area contributed by atoms with Crippen LogP contribution in [0.2, 0.25) is 10.0 Å². The SMILES string of the molecule is O=C1CCC(c2cc(Cl)cc(Cl)c2)N1. The van der Waals surface area contributed by atoms with Crippen LogP contribution in [0.1, 0.15) is 24.4 Å². The first-order valence-corrected chi connectivity index (χ1v) is 5.16. The highest BCUT2D eigenvalue weighted by molar-refractivity contribution is 6.34. The number of amides is 1. The van der Waals surface area contributed by atoms with E-state index in [1.54, 1.807) is 6.07 Å². The molecule has 0 bridgehead atoms. The first-order valence-electron chi connectivity index (χ1n) is 4.40. The van der Waals surface area contributed by atoms with Crippen molar-refractivity contribution in [3.05, 3.63) is 33.8 Å². The van der Waals surface area contributed by atoms with Crippen LogP contribution in [-0.2, 0) is 4.79 Å². The molecule has 1 saturated heterocycles.